The van der Waals surface area contributed by atoms with Crippen LogP contribution in [0.4, 0.5) is 0 Å². The van der Waals surface area contributed by atoms with Crippen LogP contribution in [0.1, 0.15) is 46.3 Å². The Kier molecular flexibility index (Phi) is 7.51. The number of carbonyl (C=O) groups excluding carboxylic acids is 1. The molecule has 0 aromatic heterocycles. The van der Waals surface area contributed by atoms with E-state index < -0.39 is 38.4 Å². The van der Waals surface area contributed by atoms with Gasteiger partial charge in [-0.1, -0.05) is 64.3 Å². The van der Waals surface area contributed by atoms with Crippen molar-refractivity contribution in [1.29, 1.82) is 0 Å². The highest BCUT2D eigenvalue weighted by Crippen LogP contribution is 2.44. The Morgan fingerprint density at radius 3 is 2.27 bits per heavy atom. The molecule has 1 aromatic carbocycles. The van der Waals surface area contributed by atoms with Gasteiger partial charge in [-0.05, 0) is 43.6 Å². The first-order valence-corrected chi connectivity index (χ1v) is 13.3. The van der Waals surface area contributed by atoms with Gasteiger partial charge in [0.1, 0.15) is 24.4 Å². The molecule has 1 saturated heterocycles. The molecule has 0 radical (unpaired) electrons. The zero-order valence-corrected chi connectivity index (χ0v) is 20.3. The maximum Gasteiger partial charge on any atom is 0.330 e. The molecule has 1 aliphatic heterocycles. The van der Waals surface area contributed by atoms with E-state index in [-0.39, 0.29) is 11.1 Å². The van der Waals surface area contributed by atoms with Crippen LogP contribution in [0.5, 0.6) is 0 Å². The van der Waals surface area contributed by atoms with E-state index in [2.05, 4.69) is 47.0 Å². The summed E-state index contributed by atoms with van der Waals surface area (Å²) in [4.78, 5) is 12.0. The Hall–Kier alpha value is -1.73. The van der Waals surface area contributed by atoms with Crippen LogP contribution in [0.25, 0.3) is 0 Å². The van der Waals surface area contributed by atoms with Gasteiger partial charge in [0.25, 0.3) is 0 Å². The SMILES string of the molecule is C=CC(=O)O[C@@H](C=C)[C@@H](O[Si](C)(C)C(C)(C)C)[C@@H]1OC(C)(C)O[C@H]1c1ccccc1. The highest BCUT2D eigenvalue weighted by atomic mass is 28.4. The Bertz CT molecular complexity index is 751. The lowest BCUT2D eigenvalue weighted by molar-refractivity contribution is -0.165. The second-order valence-corrected chi connectivity index (χ2v) is 14.4. The van der Waals surface area contributed by atoms with Crippen LogP contribution in [0, 0.1) is 0 Å². The van der Waals surface area contributed by atoms with Crippen molar-refractivity contribution in [2.45, 2.75) is 83.0 Å². The number of carbonyl (C=O) groups is 1. The predicted octanol–water partition coefficient (Wildman–Crippen LogP) is 5.55. The van der Waals surface area contributed by atoms with Crippen LogP contribution in [0.3, 0.4) is 0 Å². The van der Waals surface area contributed by atoms with Crippen molar-refractivity contribution in [2.75, 3.05) is 0 Å². The second-order valence-electron chi connectivity index (χ2n) is 9.62. The molecule has 6 heteroatoms. The molecular weight excluding hydrogens is 396 g/mol. The number of hydrogen-bond acceptors (Lipinski definition) is 5. The van der Waals surface area contributed by atoms with E-state index in [0.29, 0.717) is 0 Å². The Labute approximate surface area is 182 Å². The number of hydrogen-bond donors (Lipinski definition) is 0. The fourth-order valence-electron chi connectivity index (χ4n) is 3.20. The molecule has 0 saturated carbocycles. The smallest absolute Gasteiger partial charge is 0.330 e. The highest BCUT2D eigenvalue weighted by Gasteiger charge is 2.51. The van der Waals surface area contributed by atoms with Gasteiger partial charge in [-0.15, -0.1) is 0 Å². The van der Waals surface area contributed by atoms with Crippen LogP contribution < -0.4 is 0 Å². The van der Waals surface area contributed by atoms with Crippen LogP contribution in [0.15, 0.2) is 55.6 Å². The Balaban J connectivity index is 2.50. The van der Waals surface area contributed by atoms with E-state index >= 15 is 0 Å². The molecule has 5 nitrogen and oxygen atoms in total. The molecule has 0 bridgehead atoms. The first kappa shape index (κ1) is 24.5. The van der Waals surface area contributed by atoms with Crippen LogP contribution in [-0.4, -0.2) is 38.4 Å². The van der Waals surface area contributed by atoms with E-state index in [9.17, 15) is 4.79 Å². The minimum absolute atomic E-state index is 0.0450. The minimum Gasteiger partial charge on any atom is -0.452 e. The lowest BCUT2D eigenvalue weighted by Gasteiger charge is -2.42. The molecule has 0 aliphatic carbocycles. The molecule has 0 amide bonds. The van der Waals surface area contributed by atoms with Crippen molar-refractivity contribution in [3.05, 3.63) is 61.2 Å². The van der Waals surface area contributed by atoms with E-state index in [1.165, 1.54) is 0 Å². The lowest BCUT2D eigenvalue weighted by Crippen LogP contribution is -2.53. The van der Waals surface area contributed by atoms with E-state index in [4.69, 9.17) is 18.6 Å². The highest BCUT2D eigenvalue weighted by molar-refractivity contribution is 6.74. The second kappa shape index (κ2) is 9.18. The van der Waals surface area contributed by atoms with Crippen molar-refractivity contribution in [2.24, 2.45) is 0 Å². The molecule has 0 N–H and O–H groups in total. The van der Waals surface area contributed by atoms with Crippen LogP contribution >= 0.6 is 0 Å². The van der Waals surface area contributed by atoms with E-state index in [1.807, 2.05) is 44.2 Å². The average Bonchev–Trinajstić information content (AvgIpc) is 2.99. The fraction of sp³-hybridized carbons (Fsp3) is 0.542. The molecule has 1 aliphatic rings. The monoisotopic (exact) mass is 432 g/mol. The van der Waals surface area contributed by atoms with Gasteiger partial charge in [0.15, 0.2) is 14.1 Å². The van der Waals surface area contributed by atoms with Crippen molar-refractivity contribution in [3.8, 4) is 0 Å². The molecule has 30 heavy (non-hydrogen) atoms. The Morgan fingerprint density at radius 1 is 1.17 bits per heavy atom. The minimum atomic E-state index is -2.25. The van der Waals surface area contributed by atoms with Crippen LogP contribution in [0.2, 0.25) is 18.1 Å². The van der Waals surface area contributed by atoms with E-state index in [1.54, 1.807) is 6.08 Å². The normalized spacial score (nSPS) is 23.4. The van der Waals surface area contributed by atoms with Gasteiger partial charge in [0.2, 0.25) is 0 Å². The molecule has 0 unspecified atom stereocenters. The standard InChI is InChI=1S/C24H36O5Si/c1-10-18(26-19(25)11-2)21(29-30(8,9)23(3,4)5)22-20(27-24(6,7)28-22)17-15-13-12-14-16-17/h10-16,18,20-22H,1-2H2,3-9H3/t18-,20-,21+,22+/m0/s1. The summed E-state index contributed by atoms with van der Waals surface area (Å²) < 4.78 is 25.0. The van der Waals surface area contributed by atoms with Gasteiger partial charge in [-0.2, -0.15) is 0 Å². The van der Waals surface area contributed by atoms with Gasteiger partial charge in [-0.3, -0.25) is 0 Å². The summed E-state index contributed by atoms with van der Waals surface area (Å²) in [7, 11) is -2.25. The van der Waals surface area contributed by atoms with Crippen molar-refractivity contribution >= 4 is 14.3 Å². The summed E-state index contributed by atoms with van der Waals surface area (Å²) in [5.74, 6) is -1.34. The molecule has 1 fully saturated rings. The van der Waals surface area contributed by atoms with Crippen molar-refractivity contribution in [3.63, 3.8) is 0 Å². The number of ether oxygens (including phenoxy) is 3. The van der Waals surface area contributed by atoms with Gasteiger partial charge in [-0.25, -0.2) is 4.79 Å². The third-order valence-corrected chi connectivity index (χ3v) is 10.3. The third kappa shape index (κ3) is 5.69. The molecule has 4 atom stereocenters. The van der Waals surface area contributed by atoms with Crippen LogP contribution in [-0.2, 0) is 23.4 Å². The molecular formula is C24H36O5Si. The van der Waals surface area contributed by atoms with Gasteiger partial charge in [0.05, 0.1) is 0 Å². The number of rotatable bonds is 8. The third-order valence-electron chi connectivity index (χ3n) is 5.79. The van der Waals surface area contributed by atoms with Gasteiger partial charge in [0, 0.05) is 6.08 Å². The summed E-state index contributed by atoms with van der Waals surface area (Å²) in [6, 6.07) is 9.90. The summed E-state index contributed by atoms with van der Waals surface area (Å²) in [5, 5.41) is -0.0450. The van der Waals surface area contributed by atoms with Crippen molar-refractivity contribution in [1.82, 2.24) is 0 Å². The summed E-state index contributed by atoms with van der Waals surface area (Å²) >= 11 is 0. The molecule has 1 heterocycles. The Morgan fingerprint density at radius 2 is 1.77 bits per heavy atom. The fourth-order valence-corrected chi connectivity index (χ4v) is 4.50. The molecule has 0 spiro atoms. The van der Waals surface area contributed by atoms with Crippen molar-refractivity contribution < 1.29 is 23.4 Å². The average molecular weight is 433 g/mol. The largest absolute Gasteiger partial charge is 0.452 e. The zero-order chi connectivity index (χ0) is 22.7. The van der Waals surface area contributed by atoms with E-state index in [0.717, 1.165) is 11.6 Å². The zero-order valence-electron chi connectivity index (χ0n) is 19.3. The quantitative estimate of drug-likeness (QED) is 0.233. The maximum atomic E-state index is 12.0. The molecule has 1 aromatic rings. The first-order chi connectivity index (χ1) is 13.8. The topological polar surface area (TPSA) is 54.0 Å². The van der Waals surface area contributed by atoms with Gasteiger partial charge >= 0.3 is 5.97 Å². The molecule has 2 rings (SSSR count). The number of esters is 1. The lowest BCUT2D eigenvalue weighted by atomic mass is 9.97. The maximum absolute atomic E-state index is 12.0. The molecule has 166 valence electrons. The predicted molar refractivity (Wildman–Crippen MR) is 122 cm³/mol. The summed E-state index contributed by atoms with van der Waals surface area (Å²) in [6.45, 7) is 22.0. The summed E-state index contributed by atoms with van der Waals surface area (Å²) in [6.07, 6.45) is 0.580. The summed E-state index contributed by atoms with van der Waals surface area (Å²) in [5.41, 5.74) is 0.981. The first-order valence-electron chi connectivity index (χ1n) is 10.4. The van der Waals surface area contributed by atoms with Gasteiger partial charge < -0.3 is 18.6 Å². The number of benzene rings is 1.